The summed E-state index contributed by atoms with van der Waals surface area (Å²) in [5, 5.41) is 14.3. The summed E-state index contributed by atoms with van der Waals surface area (Å²) in [6, 6.07) is 25.2. The molecule has 1 aliphatic rings. The molecule has 5 N–H and O–H groups in total. The van der Waals surface area contributed by atoms with Crippen LogP contribution in [0.4, 0.5) is 16.0 Å². The van der Waals surface area contributed by atoms with E-state index in [1.54, 1.807) is 103 Å². The number of anilines is 3. The maximum Gasteiger partial charge on any atom is 0.257 e. The van der Waals surface area contributed by atoms with Gasteiger partial charge in [-0.3, -0.25) is 34.8 Å². The fourth-order valence-corrected chi connectivity index (χ4v) is 8.06. The van der Waals surface area contributed by atoms with Crippen LogP contribution >= 0.6 is 73.3 Å². The quantitative estimate of drug-likeness (QED) is 0.140. The third-order valence-electron chi connectivity index (χ3n) is 7.59. The van der Waals surface area contributed by atoms with Gasteiger partial charge in [-0.15, -0.1) is 11.3 Å². The van der Waals surface area contributed by atoms with Gasteiger partial charge >= 0.3 is 0 Å². The predicted octanol–water partition coefficient (Wildman–Crippen LogP) is 10.8. The van der Waals surface area contributed by atoms with Crippen LogP contribution in [-0.2, 0) is 4.74 Å². The number of nitrogens with zero attached hydrogens (tertiary/aromatic N) is 8. The van der Waals surface area contributed by atoms with E-state index in [9.17, 15) is 9.59 Å². The lowest BCUT2D eigenvalue weighted by Gasteiger charge is -2.00. The Morgan fingerprint density at radius 3 is 1.69 bits per heavy atom. The number of nitrogens with two attached hydrogens (primary N) is 2. The van der Waals surface area contributed by atoms with Gasteiger partial charge in [0.15, 0.2) is 14.2 Å². The van der Waals surface area contributed by atoms with Gasteiger partial charge in [-0.1, -0.05) is 82.8 Å². The molecule has 8 heterocycles. The number of benzene rings is 2. The third kappa shape index (κ3) is 15.8. The van der Waals surface area contributed by atoms with Gasteiger partial charge in [-0.25, -0.2) is 15.0 Å². The molecule has 314 valence electrons. The van der Waals surface area contributed by atoms with E-state index in [2.05, 4.69) is 56.1 Å². The fourth-order valence-electron chi connectivity index (χ4n) is 4.72. The summed E-state index contributed by atoms with van der Waals surface area (Å²) in [6.45, 7) is 2.00. The molecule has 62 heavy (non-hydrogen) atoms. The normalized spacial score (nSPS) is 11.0. The zero-order valence-electron chi connectivity index (χ0n) is 32.4. The Hall–Kier alpha value is -5.98. The minimum absolute atomic E-state index is 0.150. The molecule has 7 aromatic heterocycles. The number of aromatic nitrogens is 7. The van der Waals surface area contributed by atoms with Crippen LogP contribution in [0.25, 0.3) is 30.6 Å². The average molecular weight is 985 g/mol. The molecule has 0 spiro atoms. The van der Waals surface area contributed by atoms with Gasteiger partial charge in [0.2, 0.25) is 5.12 Å². The zero-order chi connectivity index (χ0) is 43.9. The fraction of sp³-hybridized carbons (Fsp3) is 0.0952. The molecular formula is C42H35BrClN11O3S4. The van der Waals surface area contributed by atoms with Crippen molar-refractivity contribution in [2.24, 2.45) is 0 Å². The number of thiocyanates is 1. The average Bonchev–Trinajstić information content (AvgIpc) is 4.14. The number of fused-ring (bicyclic) bond motifs is 3. The molecule has 0 aliphatic carbocycles. The number of ether oxygens (including phenoxy) is 1. The number of hydrogen-bond acceptors (Lipinski definition) is 17. The Morgan fingerprint density at radius 1 is 0.694 bits per heavy atom. The highest BCUT2D eigenvalue weighted by atomic mass is 79.9. The van der Waals surface area contributed by atoms with Crippen molar-refractivity contribution in [3.8, 4) is 5.40 Å². The summed E-state index contributed by atoms with van der Waals surface area (Å²) in [5.74, 6) is -0.150. The number of nitrogens with one attached hydrogen (secondary N) is 1. The van der Waals surface area contributed by atoms with E-state index in [1.807, 2.05) is 42.5 Å². The summed E-state index contributed by atoms with van der Waals surface area (Å²) in [5.41, 5.74) is 15.1. The minimum atomic E-state index is -0.201. The van der Waals surface area contributed by atoms with E-state index < -0.39 is 0 Å². The Bertz CT molecular complexity index is 2620. The molecule has 0 bridgehead atoms. The molecule has 14 nitrogen and oxygen atoms in total. The van der Waals surface area contributed by atoms with Crippen molar-refractivity contribution in [3.05, 3.63) is 155 Å². The SMILES string of the molecule is Brc1nc2cnccc2s1.C1CCOC1.N#CSC(=O)c1ccccc1.Nc1cnccc1Cl.Nc1nc2cnccc2s1.O=C(Nc1nc2cnccc2s1)c1ccccc1. The van der Waals surface area contributed by atoms with Crippen LogP contribution in [0.15, 0.2) is 138 Å². The smallest absolute Gasteiger partial charge is 0.257 e. The van der Waals surface area contributed by atoms with Crippen LogP contribution in [0.2, 0.25) is 5.02 Å². The zero-order valence-corrected chi connectivity index (χ0v) is 38.0. The van der Waals surface area contributed by atoms with Gasteiger partial charge in [0.25, 0.3) is 5.91 Å². The second kappa shape index (κ2) is 25.7. The highest BCUT2D eigenvalue weighted by Gasteiger charge is 2.09. The minimum Gasteiger partial charge on any atom is -0.396 e. The lowest BCUT2D eigenvalue weighted by atomic mass is 10.2. The topological polar surface area (TPSA) is 221 Å². The first kappa shape index (κ1) is 47.1. The highest BCUT2D eigenvalue weighted by Crippen LogP contribution is 2.26. The number of carbonyl (C=O) groups is 2. The van der Waals surface area contributed by atoms with Crippen LogP contribution in [0.3, 0.4) is 0 Å². The van der Waals surface area contributed by atoms with Crippen LogP contribution in [0, 0.1) is 10.7 Å². The van der Waals surface area contributed by atoms with E-state index in [0.29, 0.717) is 43.9 Å². The summed E-state index contributed by atoms with van der Waals surface area (Å²) in [6.07, 6.45) is 16.0. The van der Waals surface area contributed by atoms with Crippen LogP contribution in [0.1, 0.15) is 33.6 Å². The van der Waals surface area contributed by atoms with E-state index in [0.717, 1.165) is 43.1 Å². The number of nitriles is 1. The molecule has 0 unspecified atom stereocenters. The lowest BCUT2D eigenvalue weighted by Crippen LogP contribution is -2.11. The molecule has 0 atom stereocenters. The number of thioether (sulfide) groups is 1. The van der Waals surface area contributed by atoms with Crippen LogP contribution < -0.4 is 16.8 Å². The number of halogens is 2. The molecule has 0 saturated carbocycles. The Labute approximate surface area is 385 Å². The first-order chi connectivity index (χ1) is 30.2. The van der Waals surface area contributed by atoms with Gasteiger partial charge in [0, 0.05) is 60.9 Å². The maximum absolute atomic E-state index is 11.9. The molecule has 0 radical (unpaired) electrons. The number of thiazole rings is 3. The van der Waals surface area contributed by atoms with Crippen molar-refractivity contribution >= 4 is 131 Å². The summed E-state index contributed by atoms with van der Waals surface area (Å²) in [4.78, 5) is 51.0. The molecule has 1 saturated heterocycles. The highest BCUT2D eigenvalue weighted by molar-refractivity contribution is 9.11. The predicted molar refractivity (Wildman–Crippen MR) is 256 cm³/mol. The van der Waals surface area contributed by atoms with Gasteiger partial charge in [0.05, 0.1) is 49.6 Å². The number of amides is 1. The number of nitrogen functional groups attached to an aromatic ring is 2. The van der Waals surface area contributed by atoms with E-state index in [-0.39, 0.29) is 11.0 Å². The van der Waals surface area contributed by atoms with E-state index in [4.69, 9.17) is 33.1 Å². The first-order valence-electron chi connectivity index (χ1n) is 18.2. The standard InChI is InChI=1S/C13H9N3OS.C8H5NOS.C6H3BrN2S.C6H5N3S.C5H5ClN2.C4H8O/c17-12(9-4-2-1-3-5-9)16-13-15-10-8-14-7-6-11(10)18-13;9-6-11-8(10)7-4-2-1-3-5-7;2*7-6-9-4-3-8-2-1-5(4)10-6;6-4-1-2-8-3-5(4)7;1-2-4-5-3-1/h1-8H,(H,15,16,17);1-5H;1-3H;1-3H,(H2,7,9);1-3H,7H2;1-4H2. The first-order valence-corrected chi connectivity index (χ1v) is 22.6. The summed E-state index contributed by atoms with van der Waals surface area (Å²) >= 11 is 14.0. The Morgan fingerprint density at radius 2 is 1.21 bits per heavy atom. The molecule has 1 aliphatic heterocycles. The van der Waals surface area contributed by atoms with Gasteiger partial charge in [-0.2, -0.15) is 5.26 Å². The van der Waals surface area contributed by atoms with Crippen molar-refractivity contribution in [2.75, 3.05) is 30.0 Å². The monoisotopic (exact) mass is 983 g/mol. The Balaban J connectivity index is 0.000000146. The Kier molecular flexibility index (Phi) is 19.5. The molecule has 2 aromatic carbocycles. The number of carbonyl (C=O) groups excluding carboxylic acids is 2. The van der Waals surface area contributed by atoms with Crippen molar-refractivity contribution in [1.82, 2.24) is 34.9 Å². The van der Waals surface area contributed by atoms with Gasteiger partial charge in [0.1, 0.15) is 22.0 Å². The van der Waals surface area contributed by atoms with E-state index in [1.165, 1.54) is 46.4 Å². The van der Waals surface area contributed by atoms with Gasteiger partial charge in [-0.05, 0) is 65.2 Å². The number of hydrogen-bond donors (Lipinski definition) is 3. The van der Waals surface area contributed by atoms with Crippen LogP contribution in [0.5, 0.6) is 0 Å². The molecular weight excluding hydrogens is 950 g/mol. The largest absolute Gasteiger partial charge is 0.396 e. The van der Waals surface area contributed by atoms with Crippen molar-refractivity contribution in [2.45, 2.75) is 12.8 Å². The van der Waals surface area contributed by atoms with Crippen molar-refractivity contribution in [1.29, 1.82) is 5.26 Å². The second-order valence-corrected chi connectivity index (χ2v) is 17.5. The van der Waals surface area contributed by atoms with Crippen molar-refractivity contribution in [3.63, 3.8) is 0 Å². The molecule has 10 rings (SSSR count). The molecule has 1 amide bonds. The summed E-state index contributed by atoms with van der Waals surface area (Å²) < 4.78 is 9.12. The maximum atomic E-state index is 11.9. The molecule has 9 aromatic rings. The van der Waals surface area contributed by atoms with Gasteiger partial charge < -0.3 is 16.2 Å². The van der Waals surface area contributed by atoms with E-state index >= 15 is 0 Å². The summed E-state index contributed by atoms with van der Waals surface area (Å²) in [7, 11) is 0. The number of pyridine rings is 4. The second-order valence-electron chi connectivity index (χ2n) is 12.0. The number of rotatable bonds is 3. The van der Waals surface area contributed by atoms with Crippen molar-refractivity contribution < 1.29 is 14.3 Å². The molecule has 20 heteroatoms. The third-order valence-corrected chi connectivity index (χ3v) is 11.7. The lowest BCUT2D eigenvalue weighted by molar-refractivity contribution is 0.102. The molecule has 1 fully saturated rings. The van der Waals surface area contributed by atoms with Crippen LogP contribution in [-0.4, -0.2) is 59.1 Å².